The standard InChI is InChI=1S/C21H31N3O4/c1-15(28-18-9-7-17(27-2)8-10-18)21(26)24-12-4-5-16(14-24)13-23-20(25)19-6-3-11-22-19/h7-10,15-16,19,22H,3-6,11-14H2,1-2H3,(H,23,25). The minimum absolute atomic E-state index is 0.00990. The Balaban J connectivity index is 1.46. The summed E-state index contributed by atoms with van der Waals surface area (Å²) >= 11 is 0. The van der Waals surface area contributed by atoms with Crippen molar-refractivity contribution in [2.75, 3.05) is 33.3 Å². The highest BCUT2D eigenvalue weighted by Crippen LogP contribution is 2.21. The average Bonchev–Trinajstić information content (AvgIpc) is 3.27. The first-order valence-corrected chi connectivity index (χ1v) is 10.2. The maximum Gasteiger partial charge on any atom is 0.263 e. The Morgan fingerprint density at radius 2 is 1.96 bits per heavy atom. The molecule has 0 spiro atoms. The lowest BCUT2D eigenvalue weighted by Crippen LogP contribution is -2.49. The second-order valence-corrected chi connectivity index (χ2v) is 7.62. The van der Waals surface area contributed by atoms with Gasteiger partial charge >= 0.3 is 0 Å². The lowest BCUT2D eigenvalue weighted by Gasteiger charge is -2.34. The number of hydrogen-bond acceptors (Lipinski definition) is 5. The van der Waals surface area contributed by atoms with Crippen molar-refractivity contribution >= 4 is 11.8 Å². The van der Waals surface area contributed by atoms with Gasteiger partial charge in [-0.05, 0) is 69.3 Å². The predicted octanol–water partition coefficient (Wildman–Crippen LogP) is 1.57. The molecule has 0 aliphatic carbocycles. The summed E-state index contributed by atoms with van der Waals surface area (Å²) in [5.74, 6) is 1.75. The van der Waals surface area contributed by atoms with E-state index in [0.29, 0.717) is 18.8 Å². The van der Waals surface area contributed by atoms with E-state index >= 15 is 0 Å². The summed E-state index contributed by atoms with van der Waals surface area (Å²) in [6.45, 7) is 4.71. The number of nitrogens with one attached hydrogen (secondary N) is 2. The summed E-state index contributed by atoms with van der Waals surface area (Å²) in [4.78, 5) is 26.8. The molecule has 3 rings (SSSR count). The van der Waals surface area contributed by atoms with E-state index in [2.05, 4.69) is 10.6 Å². The molecule has 7 heteroatoms. The van der Waals surface area contributed by atoms with Crippen LogP contribution in [-0.2, 0) is 9.59 Å². The monoisotopic (exact) mass is 389 g/mol. The van der Waals surface area contributed by atoms with Gasteiger partial charge in [-0.1, -0.05) is 0 Å². The topological polar surface area (TPSA) is 79.9 Å². The fourth-order valence-corrected chi connectivity index (χ4v) is 3.87. The molecule has 7 nitrogen and oxygen atoms in total. The first-order valence-electron chi connectivity index (χ1n) is 10.2. The molecule has 2 heterocycles. The molecule has 28 heavy (non-hydrogen) atoms. The molecule has 154 valence electrons. The number of piperidine rings is 1. The molecule has 0 saturated carbocycles. The summed E-state index contributed by atoms with van der Waals surface area (Å²) in [5, 5.41) is 6.27. The van der Waals surface area contributed by atoms with E-state index < -0.39 is 6.10 Å². The van der Waals surface area contributed by atoms with E-state index in [1.807, 2.05) is 17.0 Å². The zero-order chi connectivity index (χ0) is 19.9. The van der Waals surface area contributed by atoms with Crippen LogP contribution in [0.15, 0.2) is 24.3 Å². The molecular weight excluding hydrogens is 358 g/mol. The Kier molecular flexibility index (Phi) is 7.14. The molecule has 3 atom stereocenters. The molecule has 2 N–H and O–H groups in total. The number of hydrogen-bond donors (Lipinski definition) is 2. The molecule has 2 aliphatic heterocycles. The van der Waals surface area contributed by atoms with Crippen molar-refractivity contribution < 1.29 is 19.1 Å². The van der Waals surface area contributed by atoms with E-state index in [-0.39, 0.29) is 23.8 Å². The Morgan fingerprint density at radius 1 is 1.21 bits per heavy atom. The molecule has 2 aliphatic rings. The Hall–Kier alpha value is -2.28. The summed E-state index contributed by atoms with van der Waals surface area (Å²) < 4.78 is 10.9. The van der Waals surface area contributed by atoms with Gasteiger partial charge in [-0.15, -0.1) is 0 Å². The van der Waals surface area contributed by atoms with Crippen LogP contribution in [0.3, 0.4) is 0 Å². The highest BCUT2D eigenvalue weighted by Gasteiger charge is 2.29. The first-order chi connectivity index (χ1) is 13.6. The van der Waals surface area contributed by atoms with Crippen molar-refractivity contribution in [1.29, 1.82) is 0 Å². The maximum atomic E-state index is 12.8. The molecule has 1 aromatic carbocycles. The summed E-state index contributed by atoms with van der Waals surface area (Å²) in [6, 6.07) is 7.17. The van der Waals surface area contributed by atoms with Gasteiger partial charge in [0.15, 0.2) is 6.10 Å². The van der Waals surface area contributed by atoms with E-state index in [9.17, 15) is 9.59 Å². The Morgan fingerprint density at radius 3 is 2.64 bits per heavy atom. The smallest absolute Gasteiger partial charge is 0.263 e. The number of amides is 2. The van der Waals surface area contributed by atoms with Crippen LogP contribution in [0.1, 0.15) is 32.6 Å². The van der Waals surface area contributed by atoms with Crippen LogP contribution < -0.4 is 20.1 Å². The Labute approximate surface area is 166 Å². The van der Waals surface area contributed by atoms with Gasteiger partial charge in [0.25, 0.3) is 5.91 Å². The Bertz CT molecular complexity index is 658. The van der Waals surface area contributed by atoms with E-state index in [0.717, 1.165) is 44.5 Å². The fraction of sp³-hybridized carbons (Fsp3) is 0.619. The van der Waals surface area contributed by atoms with Crippen molar-refractivity contribution in [3.8, 4) is 11.5 Å². The SMILES string of the molecule is COc1ccc(OC(C)C(=O)N2CCCC(CNC(=O)C3CCCN3)C2)cc1. The van der Waals surface area contributed by atoms with Gasteiger partial charge in [0.1, 0.15) is 11.5 Å². The van der Waals surface area contributed by atoms with E-state index in [1.54, 1.807) is 26.2 Å². The summed E-state index contributed by atoms with van der Waals surface area (Å²) in [7, 11) is 1.61. The minimum Gasteiger partial charge on any atom is -0.497 e. The van der Waals surface area contributed by atoms with Crippen molar-refractivity contribution in [3.05, 3.63) is 24.3 Å². The van der Waals surface area contributed by atoms with E-state index in [4.69, 9.17) is 9.47 Å². The second kappa shape index (κ2) is 9.78. The first kappa shape index (κ1) is 20.5. The number of rotatable bonds is 7. The van der Waals surface area contributed by atoms with Crippen LogP contribution in [-0.4, -0.2) is 62.1 Å². The van der Waals surface area contributed by atoms with Crippen LogP contribution in [0.5, 0.6) is 11.5 Å². The maximum absolute atomic E-state index is 12.8. The van der Waals surface area contributed by atoms with Crippen molar-refractivity contribution in [1.82, 2.24) is 15.5 Å². The average molecular weight is 389 g/mol. The molecule has 0 bridgehead atoms. The van der Waals surface area contributed by atoms with Crippen molar-refractivity contribution in [2.45, 2.75) is 44.8 Å². The van der Waals surface area contributed by atoms with Crippen LogP contribution in [0.25, 0.3) is 0 Å². The van der Waals surface area contributed by atoms with Gasteiger partial charge in [0.2, 0.25) is 5.91 Å². The van der Waals surface area contributed by atoms with Gasteiger partial charge in [-0.25, -0.2) is 0 Å². The lowest BCUT2D eigenvalue weighted by atomic mass is 9.97. The fourth-order valence-electron chi connectivity index (χ4n) is 3.87. The number of methoxy groups -OCH3 is 1. The van der Waals surface area contributed by atoms with Gasteiger partial charge in [0.05, 0.1) is 13.2 Å². The molecule has 0 radical (unpaired) electrons. The number of benzene rings is 1. The zero-order valence-electron chi connectivity index (χ0n) is 16.8. The molecule has 0 aromatic heterocycles. The summed E-state index contributed by atoms with van der Waals surface area (Å²) in [6.07, 6.45) is 3.38. The number of likely N-dealkylation sites (tertiary alicyclic amines) is 1. The van der Waals surface area contributed by atoms with Crippen LogP contribution in [0.4, 0.5) is 0 Å². The predicted molar refractivity (Wildman–Crippen MR) is 106 cm³/mol. The van der Waals surface area contributed by atoms with Crippen LogP contribution in [0.2, 0.25) is 0 Å². The number of nitrogens with zero attached hydrogens (tertiary/aromatic N) is 1. The summed E-state index contributed by atoms with van der Waals surface area (Å²) in [5.41, 5.74) is 0. The van der Waals surface area contributed by atoms with Crippen LogP contribution in [0, 0.1) is 5.92 Å². The number of carbonyl (C=O) groups is 2. The van der Waals surface area contributed by atoms with Gasteiger partial charge in [-0.2, -0.15) is 0 Å². The van der Waals surface area contributed by atoms with Crippen molar-refractivity contribution in [2.24, 2.45) is 5.92 Å². The third-order valence-electron chi connectivity index (χ3n) is 5.49. The third kappa shape index (κ3) is 5.38. The molecule has 2 saturated heterocycles. The number of carbonyl (C=O) groups excluding carboxylic acids is 2. The molecule has 1 aromatic rings. The minimum atomic E-state index is -0.551. The lowest BCUT2D eigenvalue weighted by molar-refractivity contribution is -0.139. The van der Waals surface area contributed by atoms with Crippen LogP contribution >= 0.6 is 0 Å². The normalized spacial score (nSPS) is 23.1. The van der Waals surface area contributed by atoms with E-state index in [1.165, 1.54) is 0 Å². The van der Waals surface area contributed by atoms with Gasteiger partial charge < -0.3 is 25.0 Å². The molecular formula is C21H31N3O4. The highest BCUT2D eigenvalue weighted by atomic mass is 16.5. The molecule has 2 fully saturated rings. The largest absolute Gasteiger partial charge is 0.497 e. The highest BCUT2D eigenvalue weighted by molar-refractivity contribution is 5.82. The van der Waals surface area contributed by atoms with Gasteiger partial charge in [0, 0.05) is 19.6 Å². The second-order valence-electron chi connectivity index (χ2n) is 7.62. The van der Waals surface area contributed by atoms with Gasteiger partial charge in [-0.3, -0.25) is 9.59 Å². The molecule has 3 unspecified atom stereocenters. The quantitative estimate of drug-likeness (QED) is 0.740. The van der Waals surface area contributed by atoms with Crippen molar-refractivity contribution in [3.63, 3.8) is 0 Å². The third-order valence-corrected chi connectivity index (χ3v) is 5.49. The molecule has 2 amide bonds. The zero-order valence-corrected chi connectivity index (χ0v) is 16.8. The number of ether oxygens (including phenoxy) is 2.